The standard InChI is InChI=1S/C11H13ClF3NO/c1-10(2,17)6-16-9-4-7(11(13,14)15)3-8(12)5-9/h3-5,16-17H,6H2,1-2H3. The highest BCUT2D eigenvalue weighted by Gasteiger charge is 2.31. The second kappa shape index (κ2) is 4.74. The lowest BCUT2D eigenvalue weighted by molar-refractivity contribution is -0.137. The molecule has 0 saturated heterocycles. The maximum atomic E-state index is 12.5. The number of alkyl halides is 3. The van der Waals surface area contributed by atoms with E-state index in [-0.39, 0.29) is 17.3 Å². The summed E-state index contributed by atoms with van der Waals surface area (Å²) in [6.45, 7) is 3.23. The molecule has 1 rings (SSSR count). The monoisotopic (exact) mass is 267 g/mol. The quantitative estimate of drug-likeness (QED) is 0.878. The van der Waals surface area contributed by atoms with Gasteiger partial charge in [0.2, 0.25) is 0 Å². The van der Waals surface area contributed by atoms with Gasteiger partial charge in [-0.1, -0.05) is 11.6 Å². The lowest BCUT2D eigenvalue weighted by atomic mass is 10.1. The highest BCUT2D eigenvalue weighted by molar-refractivity contribution is 6.30. The third-order valence-electron chi connectivity index (χ3n) is 1.95. The molecule has 0 unspecified atom stereocenters. The first-order chi connectivity index (χ1) is 7.58. The van der Waals surface area contributed by atoms with Crippen molar-refractivity contribution in [3.63, 3.8) is 0 Å². The van der Waals surface area contributed by atoms with Crippen LogP contribution in [0, 0.1) is 0 Å². The lowest BCUT2D eigenvalue weighted by Crippen LogP contribution is -2.29. The third kappa shape index (κ3) is 4.83. The largest absolute Gasteiger partial charge is 0.416 e. The fraction of sp³-hybridized carbons (Fsp3) is 0.455. The fourth-order valence-corrected chi connectivity index (χ4v) is 1.41. The number of halogens is 4. The summed E-state index contributed by atoms with van der Waals surface area (Å²) >= 11 is 5.60. The van der Waals surface area contributed by atoms with Crippen molar-refractivity contribution in [3.8, 4) is 0 Å². The van der Waals surface area contributed by atoms with Gasteiger partial charge in [-0.05, 0) is 32.0 Å². The molecule has 0 heterocycles. The summed E-state index contributed by atoms with van der Waals surface area (Å²) in [5, 5.41) is 12.2. The van der Waals surface area contributed by atoms with Crippen LogP contribution in [0.25, 0.3) is 0 Å². The van der Waals surface area contributed by atoms with Crippen LogP contribution in [-0.2, 0) is 6.18 Å². The molecule has 0 aliphatic rings. The summed E-state index contributed by atoms with van der Waals surface area (Å²) in [6, 6.07) is 3.19. The zero-order valence-electron chi connectivity index (χ0n) is 9.40. The van der Waals surface area contributed by atoms with E-state index < -0.39 is 17.3 Å². The van der Waals surface area contributed by atoms with Crippen molar-refractivity contribution in [2.75, 3.05) is 11.9 Å². The van der Waals surface area contributed by atoms with Gasteiger partial charge >= 0.3 is 6.18 Å². The predicted octanol–water partition coefficient (Wildman–Crippen LogP) is 3.54. The van der Waals surface area contributed by atoms with Crippen molar-refractivity contribution in [2.45, 2.75) is 25.6 Å². The molecule has 0 aliphatic heterocycles. The van der Waals surface area contributed by atoms with Crippen molar-refractivity contribution < 1.29 is 18.3 Å². The Balaban J connectivity index is 2.91. The average molecular weight is 268 g/mol. The molecule has 0 atom stereocenters. The molecule has 17 heavy (non-hydrogen) atoms. The van der Waals surface area contributed by atoms with Crippen LogP contribution in [0.4, 0.5) is 18.9 Å². The van der Waals surface area contributed by atoms with E-state index in [4.69, 9.17) is 11.6 Å². The molecule has 0 saturated carbocycles. The number of aliphatic hydroxyl groups is 1. The molecule has 1 aromatic rings. The van der Waals surface area contributed by atoms with Crippen molar-refractivity contribution in [3.05, 3.63) is 28.8 Å². The minimum atomic E-state index is -4.43. The predicted molar refractivity (Wildman–Crippen MR) is 61.2 cm³/mol. The van der Waals surface area contributed by atoms with Gasteiger partial charge in [0, 0.05) is 17.3 Å². The Labute approximate surface area is 102 Å². The van der Waals surface area contributed by atoms with Gasteiger partial charge in [0.25, 0.3) is 0 Å². The maximum absolute atomic E-state index is 12.5. The minimum Gasteiger partial charge on any atom is -0.389 e. The summed E-state index contributed by atoms with van der Waals surface area (Å²) in [4.78, 5) is 0. The Bertz CT molecular complexity index is 399. The Morgan fingerprint density at radius 1 is 1.24 bits per heavy atom. The van der Waals surface area contributed by atoms with Crippen LogP contribution in [0.15, 0.2) is 18.2 Å². The van der Waals surface area contributed by atoms with Crippen LogP contribution < -0.4 is 5.32 Å². The number of rotatable bonds is 3. The van der Waals surface area contributed by atoms with E-state index >= 15 is 0 Å². The van der Waals surface area contributed by atoms with Crippen molar-refractivity contribution in [1.29, 1.82) is 0 Å². The van der Waals surface area contributed by atoms with Crippen molar-refractivity contribution in [1.82, 2.24) is 0 Å². The number of hydrogen-bond acceptors (Lipinski definition) is 2. The van der Waals surface area contributed by atoms with E-state index in [1.54, 1.807) is 13.8 Å². The maximum Gasteiger partial charge on any atom is 0.416 e. The topological polar surface area (TPSA) is 32.3 Å². The van der Waals surface area contributed by atoms with Crippen LogP contribution in [0.3, 0.4) is 0 Å². The van der Waals surface area contributed by atoms with Crippen LogP contribution >= 0.6 is 11.6 Å². The number of benzene rings is 1. The Morgan fingerprint density at radius 2 is 1.82 bits per heavy atom. The van der Waals surface area contributed by atoms with Gasteiger partial charge in [-0.15, -0.1) is 0 Å². The zero-order valence-corrected chi connectivity index (χ0v) is 10.2. The van der Waals surface area contributed by atoms with Crippen LogP contribution in [0.1, 0.15) is 19.4 Å². The Morgan fingerprint density at radius 3 is 2.29 bits per heavy atom. The normalized spacial score (nSPS) is 12.6. The molecule has 2 nitrogen and oxygen atoms in total. The van der Waals surface area contributed by atoms with E-state index in [1.807, 2.05) is 0 Å². The van der Waals surface area contributed by atoms with Gasteiger partial charge in [0.1, 0.15) is 0 Å². The van der Waals surface area contributed by atoms with Crippen LogP contribution in [-0.4, -0.2) is 17.3 Å². The van der Waals surface area contributed by atoms with Gasteiger partial charge < -0.3 is 10.4 Å². The van der Waals surface area contributed by atoms with E-state index in [9.17, 15) is 18.3 Å². The first kappa shape index (κ1) is 14.1. The Hall–Kier alpha value is -0.940. The van der Waals surface area contributed by atoms with Gasteiger partial charge in [-0.2, -0.15) is 13.2 Å². The second-order valence-corrected chi connectivity index (χ2v) is 4.83. The van der Waals surface area contributed by atoms with E-state index in [0.717, 1.165) is 12.1 Å². The highest BCUT2D eigenvalue weighted by atomic mass is 35.5. The van der Waals surface area contributed by atoms with Crippen LogP contribution in [0.5, 0.6) is 0 Å². The molecule has 6 heteroatoms. The third-order valence-corrected chi connectivity index (χ3v) is 2.17. The number of anilines is 1. The van der Waals surface area contributed by atoms with E-state index in [1.165, 1.54) is 6.07 Å². The number of hydrogen-bond donors (Lipinski definition) is 2. The van der Waals surface area contributed by atoms with Crippen molar-refractivity contribution in [2.24, 2.45) is 0 Å². The summed E-state index contributed by atoms with van der Waals surface area (Å²) in [5.74, 6) is 0. The second-order valence-electron chi connectivity index (χ2n) is 4.39. The van der Waals surface area contributed by atoms with E-state index in [2.05, 4.69) is 5.32 Å². The smallest absolute Gasteiger partial charge is 0.389 e. The molecule has 0 bridgehead atoms. The molecule has 0 amide bonds. The SMILES string of the molecule is CC(C)(O)CNc1cc(Cl)cc(C(F)(F)F)c1. The number of nitrogens with one attached hydrogen (secondary N) is 1. The summed E-state index contributed by atoms with van der Waals surface area (Å²) in [5.41, 5.74) is -1.60. The lowest BCUT2D eigenvalue weighted by Gasteiger charge is -2.19. The average Bonchev–Trinajstić information content (AvgIpc) is 2.11. The first-order valence-corrected chi connectivity index (χ1v) is 5.30. The van der Waals surface area contributed by atoms with Gasteiger partial charge in [-0.3, -0.25) is 0 Å². The first-order valence-electron chi connectivity index (χ1n) is 4.92. The zero-order chi connectivity index (χ0) is 13.3. The molecule has 0 spiro atoms. The molecule has 0 fully saturated rings. The molecular formula is C11H13ClF3NO. The summed E-state index contributed by atoms with van der Waals surface area (Å²) in [7, 11) is 0. The molecule has 1 aromatic carbocycles. The van der Waals surface area contributed by atoms with Crippen LogP contribution in [0.2, 0.25) is 5.02 Å². The van der Waals surface area contributed by atoms with E-state index in [0.29, 0.717) is 0 Å². The molecule has 0 aromatic heterocycles. The molecule has 96 valence electrons. The summed E-state index contributed by atoms with van der Waals surface area (Å²) < 4.78 is 37.5. The molecule has 0 radical (unpaired) electrons. The minimum absolute atomic E-state index is 0.00179. The van der Waals surface area contributed by atoms with Gasteiger partial charge in [0.05, 0.1) is 11.2 Å². The van der Waals surface area contributed by atoms with Gasteiger partial charge in [0.15, 0.2) is 0 Å². The summed E-state index contributed by atoms with van der Waals surface area (Å²) in [6.07, 6.45) is -4.43. The Kier molecular flexibility index (Phi) is 3.94. The highest BCUT2D eigenvalue weighted by Crippen LogP contribution is 2.33. The molecule has 2 N–H and O–H groups in total. The molecule has 0 aliphatic carbocycles. The van der Waals surface area contributed by atoms with Crippen molar-refractivity contribution >= 4 is 17.3 Å². The fourth-order valence-electron chi connectivity index (χ4n) is 1.17. The molecular weight excluding hydrogens is 255 g/mol. The van der Waals surface area contributed by atoms with Gasteiger partial charge in [-0.25, -0.2) is 0 Å².